The number of benzene rings is 1. The number of hydrogen-bond acceptors (Lipinski definition) is 1. The van der Waals surface area contributed by atoms with Gasteiger partial charge in [-0.05, 0) is 31.4 Å². The van der Waals surface area contributed by atoms with Crippen LogP contribution < -0.4 is 5.73 Å². The van der Waals surface area contributed by atoms with Gasteiger partial charge in [-0.3, -0.25) is 0 Å². The van der Waals surface area contributed by atoms with Crippen LogP contribution >= 0.6 is 0 Å². The number of rotatable bonds is 2. The average molecular weight is 265 g/mol. The predicted molar refractivity (Wildman–Crippen MR) is 56.1 cm³/mol. The molecule has 1 aliphatic carbocycles. The van der Waals surface area contributed by atoms with Gasteiger partial charge in [-0.1, -0.05) is 12.1 Å². The average Bonchev–Trinajstić information content (AvgIpc) is 2.24. The third kappa shape index (κ3) is 1.98. The van der Waals surface area contributed by atoms with Crippen molar-refractivity contribution in [3.8, 4) is 0 Å². The van der Waals surface area contributed by atoms with Crippen LogP contribution in [0.5, 0.6) is 0 Å². The first-order valence-electron chi connectivity index (χ1n) is 5.51. The third-order valence-corrected chi connectivity index (χ3v) is 3.45. The molecule has 1 aromatic rings. The molecule has 0 amide bonds. The summed E-state index contributed by atoms with van der Waals surface area (Å²) in [5.41, 5.74) is 2.54. The zero-order valence-electron chi connectivity index (χ0n) is 9.40. The van der Waals surface area contributed by atoms with Gasteiger partial charge in [0.25, 0.3) is 5.92 Å². The van der Waals surface area contributed by atoms with Gasteiger partial charge in [0.05, 0.1) is 11.1 Å². The molecule has 0 spiro atoms. The van der Waals surface area contributed by atoms with E-state index < -0.39 is 28.8 Å². The van der Waals surface area contributed by atoms with E-state index in [9.17, 15) is 22.0 Å². The molecular weight excluding hydrogens is 253 g/mol. The van der Waals surface area contributed by atoms with Crippen molar-refractivity contribution in [2.24, 2.45) is 5.73 Å². The molecule has 0 radical (unpaired) electrons. The maximum Gasteiger partial charge on any atom is 0.416 e. The topological polar surface area (TPSA) is 26.0 Å². The fourth-order valence-electron chi connectivity index (χ4n) is 2.03. The van der Waals surface area contributed by atoms with Crippen molar-refractivity contribution in [2.75, 3.05) is 0 Å². The minimum Gasteiger partial charge on any atom is -0.320 e. The second-order valence-corrected chi connectivity index (χ2v) is 4.66. The van der Waals surface area contributed by atoms with E-state index in [4.69, 9.17) is 5.73 Å². The van der Waals surface area contributed by atoms with Crippen molar-refractivity contribution in [3.63, 3.8) is 0 Å². The molecule has 0 heterocycles. The quantitative estimate of drug-likeness (QED) is 0.811. The molecule has 1 saturated carbocycles. The maximum absolute atomic E-state index is 14.0. The summed E-state index contributed by atoms with van der Waals surface area (Å²) in [6, 6.07) is 2.92. The van der Waals surface area contributed by atoms with Crippen LogP contribution in [0.4, 0.5) is 22.0 Å². The van der Waals surface area contributed by atoms with E-state index >= 15 is 0 Å². The van der Waals surface area contributed by atoms with Gasteiger partial charge in [0.2, 0.25) is 0 Å². The summed E-state index contributed by atoms with van der Waals surface area (Å²) in [7, 11) is 0. The highest BCUT2D eigenvalue weighted by Gasteiger charge is 2.55. The Bertz CT molecular complexity index is 431. The predicted octanol–water partition coefficient (Wildman–Crippen LogP) is 3.68. The molecule has 0 unspecified atom stereocenters. The Morgan fingerprint density at radius 3 is 1.67 bits per heavy atom. The number of halogens is 5. The summed E-state index contributed by atoms with van der Waals surface area (Å²) in [6.45, 7) is 0. The van der Waals surface area contributed by atoms with Crippen LogP contribution in [-0.2, 0) is 12.1 Å². The smallest absolute Gasteiger partial charge is 0.320 e. The van der Waals surface area contributed by atoms with Gasteiger partial charge in [-0.25, -0.2) is 0 Å². The molecule has 0 saturated heterocycles. The Hall–Kier alpha value is -1.17. The summed E-state index contributed by atoms with van der Waals surface area (Å²) < 4.78 is 65.0. The van der Waals surface area contributed by atoms with Crippen LogP contribution in [0.3, 0.4) is 0 Å². The van der Waals surface area contributed by atoms with Crippen molar-refractivity contribution in [3.05, 3.63) is 35.4 Å². The van der Waals surface area contributed by atoms with Crippen molar-refractivity contribution in [1.29, 1.82) is 0 Å². The van der Waals surface area contributed by atoms with E-state index in [1.54, 1.807) is 0 Å². The second kappa shape index (κ2) is 3.91. The SMILES string of the molecule is NC1(C(F)(F)c2ccc(C(F)(F)F)cc2)CCC1. The van der Waals surface area contributed by atoms with Gasteiger partial charge in [0.15, 0.2) is 0 Å². The summed E-state index contributed by atoms with van der Waals surface area (Å²) in [4.78, 5) is 0. The second-order valence-electron chi connectivity index (χ2n) is 4.66. The van der Waals surface area contributed by atoms with Crippen LogP contribution in [0.1, 0.15) is 30.4 Å². The molecular formula is C12H12F5N. The molecule has 1 aliphatic rings. The number of hydrogen-bond donors (Lipinski definition) is 1. The lowest BCUT2D eigenvalue weighted by Gasteiger charge is -2.44. The fraction of sp³-hybridized carbons (Fsp3) is 0.500. The van der Waals surface area contributed by atoms with E-state index in [0.717, 1.165) is 12.1 Å². The Morgan fingerprint density at radius 1 is 0.889 bits per heavy atom. The lowest BCUT2D eigenvalue weighted by molar-refractivity contribution is -0.138. The van der Waals surface area contributed by atoms with Crippen LogP contribution in [0.2, 0.25) is 0 Å². The Balaban J connectivity index is 2.29. The lowest BCUT2D eigenvalue weighted by Crippen LogP contribution is -2.58. The Labute approximate surface area is 101 Å². The molecule has 2 N–H and O–H groups in total. The molecule has 0 aliphatic heterocycles. The van der Waals surface area contributed by atoms with Gasteiger partial charge >= 0.3 is 6.18 Å². The van der Waals surface area contributed by atoms with Gasteiger partial charge in [0.1, 0.15) is 0 Å². The molecule has 6 heteroatoms. The first-order valence-corrected chi connectivity index (χ1v) is 5.51. The van der Waals surface area contributed by atoms with Crippen LogP contribution in [0.15, 0.2) is 24.3 Å². The number of alkyl halides is 5. The maximum atomic E-state index is 14.0. The molecule has 2 rings (SSSR count). The van der Waals surface area contributed by atoms with Crippen molar-refractivity contribution in [1.82, 2.24) is 0 Å². The van der Waals surface area contributed by atoms with Gasteiger partial charge in [-0.2, -0.15) is 22.0 Å². The molecule has 0 aromatic heterocycles. The van der Waals surface area contributed by atoms with E-state index in [0.29, 0.717) is 18.6 Å². The molecule has 100 valence electrons. The summed E-state index contributed by atoms with van der Waals surface area (Å²) in [6.07, 6.45) is -3.54. The van der Waals surface area contributed by atoms with Crippen LogP contribution in [0, 0.1) is 0 Å². The first-order chi connectivity index (χ1) is 8.17. The highest BCUT2D eigenvalue weighted by Crippen LogP contribution is 2.48. The monoisotopic (exact) mass is 265 g/mol. The zero-order valence-corrected chi connectivity index (χ0v) is 9.40. The normalized spacial score (nSPS) is 19.4. The Kier molecular flexibility index (Phi) is 2.88. The van der Waals surface area contributed by atoms with Crippen LogP contribution in [-0.4, -0.2) is 5.54 Å². The van der Waals surface area contributed by atoms with E-state index in [1.807, 2.05) is 0 Å². The molecule has 0 bridgehead atoms. The highest BCUT2D eigenvalue weighted by molar-refractivity contribution is 5.30. The van der Waals surface area contributed by atoms with Gasteiger partial charge in [0, 0.05) is 5.56 Å². The van der Waals surface area contributed by atoms with E-state index in [2.05, 4.69) is 0 Å². The molecule has 1 nitrogen and oxygen atoms in total. The van der Waals surface area contributed by atoms with Crippen molar-refractivity contribution < 1.29 is 22.0 Å². The summed E-state index contributed by atoms with van der Waals surface area (Å²) in [5.74, 6) is -3.30. The standard InChI is InChI=1S/C12H12F5N/c13-11(14,10(18)6-1-7-10)8-2-4-9(5-3-8)12(15,16)17/h2-5H,1,6-7,18H2. The highest BCUT2D eigenvalue weighted by atomic mass is 19.4. The molecule has 0 atom stereocenters. The summed E-state index contributed by atoms with van der Waals surface area (Å²) in [5, 5.41) is 0. The minimum atomic E-state index is -4.52. The third-order valence-electron chi connectivity index (χ3n) is 3.45. The van der Waals surface area contributed by atoms with Crippen molar-refractivity contribution in [2.45, 2.75) is 36.9 Å². The number of nitrogens with two attached hydrogens (primary N) is 1. The molecule has 1 fully saturated rings. The zero-order chi connectivity index (χ0) is 13.6. The largest absolute Gasteiger partial charge is 0.416 e. The summed E-state index contributed by atoms with van der Waals surface area (Å²) >= 11 is 0. The first kappa shape index (κ1) is 13.3. The van der Waals surface area contributed by atoms with Crippen LogP contribution in [0.25, 0.3) is 0 Å². The van der Waals surface area contributed by atoms with E-state index in [1.165, 1.54) is 0 Å². The fourth-order valence-corrected chi connectivity index (χ4v) is 2.03. The lowest BCUT2D eigenvalue weighted by atomic mass is 9.71. The Morgan fingerprint density at radius 2 is 1.33 bits per heavy atom. The molecule has 18 heavy (non-hydrogen) atoms. The molecule has 1 aromatic carbocycles. The van der Waals surface area contributed by atoms with Crippen molar-refractivity contribution >= 4 is 0 Å². The van der Waals surface area contributed by atoms with Gasteiger partial charge in [-0.15, -0.1) is 0 Å². The minimum absolute atomic E-state index is 0.182. The van der Waals surface area contributed by atoms with E-state index in [-0.39, 0.29) is 12.8 Å². The van der Waals surface area contributed by atoms with Gasteiger partial charge < -0.3 is 5.73 Å².